The van der Waals surface area contributed by atoms with Gasteiger partial charge in [0.05, 0.1) is 5.69 Å². The Labute approximate surface area is 164 Å². The molecule has 3 rings (SSSR count). The topological polar surface area (TPSA) is 119 Å². The molecule has 3 N–H and O–H groups in total. The lowest BCUT2D eigenvalue weighted by Crippen LogP contribution is -2.54. The number of ether oxygens (including phenoxy) is 1. The van der Waals surface area contributed by atoms with E-state index in [0.717, 1.165) is 4.90 Å². The zero-order valence-corrected chi connectivity index (χ0v) is 15.1. The summed E-state index contributed by atoms with van der Waals surface area (Å²) in [5.74, 6) is -2.16. The molecule has 2 aromatic rings. The van der Waals surface area contributed by atoms with Crippen LogP contribution in [0.25, 0.3) is 6.08 Å². The Morgan fingerprint density at radius 2 is 1.86 bits per heavy atom. The third-order valence-electron chi connectivity index (χ3n) is 3.76. The second-order valence-corrected chi connectivity index (χ2v) is 6.17. The highest BCUT2D eigenvalue weighted by atomic mass is 35.5. The molecule has 0 bridgehead atoms. The number of barbiturate groups is 1. The van der Waals surface area contributed by atoms with E-state index in [2.05, 4.69) is 5.32 Å². The highest BCUT2D eigenvalue weighted by molar-refractivity contribution is 6.39. The number of para-hydroxylation sites is 1. The molecule has 0 aromatic heterocycles. The Hall–Kier alpha value is -3.65. The molecule has 1 fully saturated rings. The SMILES string of the molecule is NC(=O)COc1ccc(Cl)cc1/C=C1\C(=O)NC(=O)N(c2ccccc2)C1=O. The first-order valence-electron chi connectivity index (χ1n) is 8.04. The molecule has 28 heavy (non-hydrogen) atoms. The first kappa shape index (κ1) is 19.1. The monoisotopic (exact) mass is 399 g/mol. The van der Waals surface area contributed by atoms with Crippen molar-refractivity contribution in [3.8, 4) is 5.75 Å². The Balaban J connectivity index is 2.02. The van der Waals surface area contributed by atoms with Gasteiger partial charge in [0, 0.05) is 10.6 Å². The maximum atomic E-state index is 12.8. The Kier molecular flexibility index (Phi) is 5.42. The summed E-state index contributed by atoms with van der Waals surface area (Å²) in [6.07, 6.45) is 1.24. The minimum absolute atomic E-state index is 0.194. The van der Waals surface area contributed by atoms with Crippen LogP contribution < -0.4 is 20.7 Å². The fourth-order valence-corrected chi connectivity index (χ4v) is 2.72. The largest absolute Gasteiger partial charge is 0.483 e. The summed E-state index contributed by atoms with van der Waals surface area (Å²) in [5, 5.41) is 2.44. The third kappa shape index (κ3) is 4.02. The van der Waals surface area contributed by atoms with E-state index in [1.807, 2.05) is 0 Å². The highest BCUT2D eigenvalue weighted by Gasteiger charge is 2.36. The molecule has 1 heterocycles. The Bertz CT molecular complexity index is 1000. The standard InChI is InChI=1S/C19H14ClN3O5/c20-12-6-7-15(28-10-16(21)24)11(8-12)9-14-17(25)22-19(27)23(18(14)26)13-4-2-1-3-5-13/h1-9H,10H2,(H2,21,24)(H,22,25,27)/b14-9+. The van der Waals surface area contributed by atoms with E-state index in [9.17, 15) is 19.2 Å². The Morgan fingerprint density at radius 3 is 2.54 bits per heavy atom. The van der Waals surface area contributed by atoms with Gasteiger partial charge in [0.2, 0.25) is 0 Å². The first-order valence-corrected chi connectivity index (χ1v) is 8.42. The fourth-order valence-electron chi connectivity index (χ4n) is 2.54. The van der Waals surface area contributed by atoms with Crippen LogP contribution in [0.4, 0.5) is 10.5 Å². The molecule has 8 nitrogen and oxygen atoms in total. The molecule has 9 heteroatoms. The van der Waals surface area contributed by atoms with Crippen LogP contribution in [0.2, 0.25) is 5.02 Å². The van der Waals surface area contributed by atoms with Gasteiger partial charge >= 0.3 is 6.03 Å². The molecular weight excluding hydrogens is 386 g/mol. The summed E-state index contributed by atoms with van der Waals surface area (Å²) >= 11 is 5.99. The van der Waals surface area contributed by atoms with Gasteiger partial charge in [-0.25, -0.2) is 9.69 Å². The number of hydrogen-bond acceptors (Lipinski definition) is 5. The number of amides is 5. The van der Waals surface area contributed by atoms with E-state index in [-0.39, 0.29) is 16.9 Å². The summed E-state index contributed by atoms with van der Waals surface area (Å²) in [4.78, 5) is 49.1. The second kappa shape index (κ2) is 7.93. The van der Waals surface area contributed by atoms with Gasteiger partial charge in [-0.2, -0.15) is 0 Å². The maximum absolute atomic E-state index is 12.8. The van der Waals surface area contributed by atoms with Gasteiger partial charge in [-0.05, 0) is 36.4 Å². The number of imide groups is 2. The molecule has 2 aromatic carbocycles. The number of carbonyl (C=O) groups is 4. The second-order valence-electron chi connectivity index (χ2n) is 5.73. The van der Waals surface area contributed by atoms with Crippen molar-refractivity contribution in [3.05, 3.63) is 64.7 Å². The van der Waals surface area contributed by atoms with Crippen LogP contribution in [0.3, 0.4) is 0 Å². The minimum atomic E-state index is -0.858. The van der Waals surface area contributed by atoms with E-state index >= 15 is 0 Å². The summed E-state index contributed by atoms with van der Waals surface area (Å²) in [5.41, 5.74) is 5.36. The van der Waals surface area contributed by atoms with Crippen molar-refractivity contribution in [2.75, 3.05) is 11.5 Å². The van der Waals surface area contributed by atoms with Crippen LogP contribution >= 0.6 is 11.6 Å². The van der Waals surface area contributed by atoms with Gasteiger partial charge < -0.3 is 10.5 Å². The van der Waals surface area contributed by atoms with Crippen molar-refractivity contribution < 1.29 is 23.9 Å². The normalized spacial score (nSPS) is 15.5. The molecule has 0 atom stereocenters. The van der Waals surface area contributed by atoms with Crippen LogP contribution in [0.15, 0.2) is 54.1 Å². The van der Waals surface area contributed by atoms with Crippen LogP contribution in [0.1, 0.15) is 5.56 Å². The van der Waals surface area contributed by atoms with Crippen LogP contribution in [-0.2, 0) is 14.4 Å². The van der Waals surface area contributed by atoms with Crippen molar-refractivity contribution in [1.29, 1.82) is 0 Å². The van der Waals surface area contributed by atoms with E-state index in [4.69, 9.17) is 22.1 Å². The molecule has 1 aliphatic rings. The number of hydrogen-bond donors (Lipinski definition) is 2. The smallest absolute Gasteiger partial charge is 0.335 e. The number of urea groups is 1. The fraction of sp³-hybridized carbons (Fsp3) is 0.0526. The summed E-state index contributed by atoms with van der Waals surface area (Å²) in [6, 6.07) is 11.8. The van der Waals surface area contributed by atoms with E-state index in [0.29, 0.717) is 10.7 Å². The number of carbonyl (C=O) groups excluding carboxylic acids is 4. The molecule has 142 valence electrons. The number of anilines is 1. The van der Waals surface area contributed by atoms with Gasteiger partial charge in [-0.3, -0.25) is 19.7 Å². The Morgan fingerprint density at radius 1 is 1.14 bits per heavy atom. The van der Waals surface area contributed by atoms with E-state index < -0.39 is 30.4 Å². The van der Waals surface area contributed by atoms with E-state index in [1.165, 1.54) is 24.3 Å². The van der Waals surface area contributed by atoms with Gasteiger partial charge in [0.25, 0.3) is 17.7 Å². The van der Waals surface area contributed by atoms with Crippen molar-refractivity contribution in [2.45, 2.75) is 0 Å². The maximum Gasteiger partial charge on any atom is 0.335 e. The first-order chi connectivity index (χ1) is 13.4. The van der Waals surface area contributed by atoms with Gasteiger partial charge in [-0.1, -0.05) is 29.8 Å². The quantitative estimate of drug-likeness (QED) is 0.587. The zero-order valence-electron chi connectivity index (χ0n) is 14.3. The molecule has 0 saturated carbocycles. The van der Waals surface area contributed by atoms with Gasteiger partial charge in [0.15, 0.2) is 6.61 Å². The van der Waals surface area contributed by atoms with Crippen LogP contribution in [0.5, 0.6) is 5.75 Å². The molecule has 1 aliphatic heterocycles. The number of halogens is 1. The molecule has 0 spiro atoms. The van der Waals surface area contributed by atoms with Crippen molar-refractivity contribution in [1.82, 2.24) is 5.32 Å². The number of primary amides is 1. The van der Waals surface area contributed by atoms with Crippen molar-refractivity contribution in [2.24, 2.45) is 5.73 Å². The predicted octanol–water partition coefficient (Wildman–Crippen LogP) is 1.87. The number of nitrogens with one attached hydrogen (secondary N) is 1. The molecule has 0 radical (unpaired) electrons. The summed E-state index contributed by atoms with van der Waals surface area (Å²) < 4.78 is 5.30. The number of rotatable bonds is 5. The van der Waals surface area contributed by atoms with Crippen LogP contribution in [0, 0.1) is 0 Å². The lowest BCUT2D eigenvalue weighted by molar-refractivity contribution is -0.123. The van der Waals surface area contributed by atoms with Crippen molar-refractivity contribution >= 4 is 47.1 Å². The lowest BCUT2D eigenvalue weighted by atomic mass is 10.1. The third-order valence-corrected chi connectivity index (χ3v) is 3.99. The zero-order chi connectivity index (χ0) is 20.3. The average molecular weight is 400 g/mol. The molecular formula is C19H14ClN3O5. The van der Waals surface area contributed by atoms with Gasteiger partial charge in [-0.15, -0.1) is 0 Å². The number of nitrogens with two attached hydrogens (primary N) is 1. The highest BCUT2D eigenvalue weighted by Crippen LogP contribution is 2.27. The predicted molar refractivity (Wildman–Crippen MR) is 102 cm³/mol. The van der Waals surface area contributed by atoms with Crippen molar-refractivity contribution in [3.63, 3.8) is 0 Å². The summed E-state index contributed by atoms with van der Waals surface area (Å²) in [7, 11) is 0. The number of benzene rings is 2. The van der Waals surface area contributed by atoms with E-state index in [1.54, 1.807) is 30.3 Å². The molecule has 1 saturated heterocycles. The van der Waals surface area contributed by atoms with Crippen LogP contribution in [-0.4, -0.2) is 30.4 Å². The average Bonchev–Trinajstić information content (AvgIpc) is 2.65. The van der Waals surface area contributed by atoms with Gasteiger partial charge in [0.1, 0.15) is 11.3 Å². The molecule has 0 aliphatic carbocycles. The summed E-state index contributed by atoms with van der Waals surface area (Å²) in [6.45, 7) is -0.396. The number of nitrogens with zero attached hydrogens (tertiary/aromatic N) is 1. The minimum Gasteiger partial charge on any atom is -0.483 e. The molecule has 0 unspecified atom stereocenters. The lowest BCUT2D eigenvalue weighted by Gasteiger charge is -2.26. The molecule has 5 amide bonds.